The first-order chi connectivity index (χ1) is 11.6. The Kier molecular flexibility index (Phi) is 4.12. The summed E-state index contributed by atoms with van der Waals surface area (Å²) in [4.78, 5) is 0. The van der Waals surface area contributed by atoms with E-state index < -0.39 is 17.5 Å². The zero-order valence-electron chi connectivity index (χ0n) is 12.1. The van der Waals surface area contributed by atoms with Crippen LogP contribution in [-0.4, -0.2) is 15.4 Å². The molecule has 2 aromatic carbocycles. The summed E-state index contributed by atoms with van der Waals surface area (Å²) in [5.74, 6) is -3.22. The standard InChI is InChI=1S/C17H9F3N4/c18-13-7-11(16(20)14(19)8-13)5-4-10-2-1-3-12(6-10)17-15(9-21)22-24-23-17/h1-8H,(H,22,23,24)/b5-4+. The maximum Gasteiger partial charge on any atom is 0.166 e. The van der Waals surface area contributed by atoms with Gasteiger partial charge in [0, 0.05) is 17.2 Å². The topological polar surface area (TPSA) is 65.4 Å². The molecule has 0 unspecified atom stereocenters. The molecular formula is C17H9F3N4. The third kappa shape index (κ3) is 3.03. The first-order valence-corrected chi connectivity index (χ1v) is 6.82. The summed E-state index contributed by atoms with van der Waals surface area (Å²) in [5.41, 5.74) is 1.68. The molecule has 0 aliphatic heterocycles. The molecule has 1 N–H and O–H groups in total. The quantitative estimate of drug-likeness (QED) is 0.586. The number of H-pyrrole nitrogens is 1. The Morgan fingerprint density at radius 3 is 2.71 bits per heavy atom. The minimum Gasteiger partial charge on any atom is -0.247 e. The van der Waals surface area contributed by atoms with Crippen molar-refractivity contribution in [3.8, 4) is 17.3 Å². The maximum atomic E-state index is 13.6. The summed E-state index contributed by atoms with van der Waals surface area (Å²) >= 11 is 0. The Hall–Kier alpha value is -3.40. The summed E-state index contributed by atoms with van der Waals surface area (Å²) in [6.45, 7) is 0. The molecule has 118 valence electrons. The predicted molar refractivity (Wildman–Crippen MR) is 81.8 cm³/mol. The number of hydrogen-bond acceptors (Lipinski definition) is 3. The molecule has 7 heteroatoms. The first-order valence-electron chi connectivity index (χ1n) is 6.82. The average molecular weight is 326 g/mol. The van der Waals surface area contributed by atoms with Crippen LogP contribution in [0.2, 0.25) is 0 Å². The van der Waals surface area contributed by atoms with Crippen molar-refractivity contribution < 1.29 is 13.2 Å². The lowest BCUT2D eigenvalue weighted by Gasteiger charge is -2.01. The largest absolute Gasteiger partial charge is 0.247 e. The third-order valence-electron chi connectivity index (χ3n) is 3.30. The number of rotatable bonds is 3. The molecule has 1 heterocycles. The maximum absolute atomic E-state index is 13.6. The van der Waals surface area contributed by atoms with Crippen LogP contribution in [0.4, 0.5) is 13.2 Å². The molecule has 0 radical (unpaired) electrons. The van der Waals surface area contributed by atoms with Gasteiger partial charge in [-0.1, -0.05) is 35.6 Å². The lowest BCUT2D eigenvalue weighted by atomic mass is 10.1. The molecule has 3 rings (SSSR count). The zero-order valence-corrected chi connectivity index (χ0v) is 12.1. The number of nitrogens with zero attached hydrogens (tertiary/aromatic N) is 3. The second-order valence-corrected chi connectivity index (χ2v) is 4.90. The van der Waals surface area contributed by atoms with E-state index in [2.05, 4.69) is 15.4 Å². The molecule has 0 spiro atoms. The molecule has 4 nitrogen and oxygen atoms in total. The Morgan fingerprint density at radius 2 is 1.92 bits per heavy atom. The Morgan fingerprint density at radius 1 is 1.08 bits per heavy atom. The van der Waals surface area contributed by atoms with Crippen LogP contribution < -0.4 is 0 Å². The first kappa shape index (κ1) is 15.5. The number of hydrogen-bond donors (Lipinski definition) is 1. The molecule has 0 bridgehead atoms. The highest BCUT2D eigenvalue weighted by atomic mass is 19.2. The minimum absolute atomic E-state index is 0.197. The van der Waals surface area contributed by atoms with Crippen molar-refractivity contribution in [1.82, 2.24) is 15.4 Å². The average Bonchev–Trinajstić information content (AvgIpc) is 3.06. The van der Waals surface area contributed by atoms with E-state index >= 15 is 0 Å². The van der Waals surface area contributed by atoms with Gasteiger partial charge in [0.2, 0.25) is 0 Å². The van der Waals surface area contributed by atoms with Crippen molar-refractivity contribution in [3.05, 3.63) is 70.7 Å². The Labute approximate surface area is 134 Å². The van der Waals surface area contributed by atoms with E-state index in [4.69, 9.17) is 5.26 Å². The fourth-order valence-corrected chi connectivity index (χ4v) is 2.18. The molecule has 0 atom stereocenters. The fraction of sp³-hybridized carbons (Fsp3) is 0. The SMILES string of the molecule is N#Cc1[nH]nnc1-c1cccc(/C=C/c2cc(F)cc(F)c2F)c1. The van der Waals surface area contributed by atoms with Crippen molar-refractivity contribution in [3.63, 3.8) is 0 Å². The Bertz CT molecular complexity index is 970. The lowest BCUT2D eigenvalue weighted by molar-refractivity contribution is 0.493. The van der Waals surface area contributed by atoms with Gasteiger partial charge in [-0.15, -0.1) is 5.10 Å². The van der Waals surface area contributed by atoms with Crippen LogP contribution in [0.1, 0.15) is 16.8 Å². The van der Waals surface area contributed by atoms with Crippen LogP contribution in [0.15, 0.2) is 36.4 Å². The van der Waals surface area contributed by atoms with Crippen LogP contribution in [0.5, 0.6) is 0 Å². The van der Waals surface area contributed by atoms with Crippen molar-refractivity contribution in [2.24, 2.45) is 0 Å². The highest BCUT2D eigenvalue weighted by Gasteiger charge is 2.10. The van der Waals surface area contributed by atoms with Gasteiger partial charge in [-0.25, -0.2) is 18.3 Å². The van der Waals surface area contributed by atoms with Crippen molar-refractivity contribution in [2.75, 3.05) is 0 Å². The van der Waals surface area contributed by atoms with E-state index in [0.717, 1.165) is 6.07 Å². The number of nitriles is 1. The molecule has 0 saturated carbocycles. The van der Waals surface area contributed by atoms with Gasteiger partial charge in [-0.2, -0.15) is 5.26 Å². The molecule has 0 amide bonds. The van der Waals surface area contributed by atoms with E-state index in [-0.39, 0.29) is 11.3 Å². The molecular weight excluding hydrogens is 317 g/mol. The van der Waals surface area contributed by atoms with Gasteiger partial charge in [0.05, 0.1) is 0 Å². The summed E-state index contributed by atoms with van der Waals surface area (Å²) in [7, 11) is 0. The van der Waals surface area contributed by atoms with E-state index in [0.29, 0.717) is 22.9 Å². The van der Waals surface area contributed by atoms with Gasteiger partial charge in [0.25, 0.3) is 0 Å². The lowest BCUT2D eigenvalue weighted by Crippen LogP contribution is -1.91. The van der Waals surface area contributed by atoms with Crippen molar-refractivity contribution in [1.29, 1.82) is 5.26 Å². The van der Waals surface area contributed by atoms with Gasteiger partial charge in [0.1, 0.15) is 17.6 Å². The molecule has 1 aromatic heterocycles. The van der Waals surface area contributed by atoms with Gasteiger partial charge >= 0.3 is 0 Å². The predicted octanol–water partition coefficient (Wildman–Crippen LogP) is 3.93. The number of aromatic amines is 1. The highest BCUT2D eigenvalue weighted by molar-refractivity contribution is 5.74. The molecule has 0 aliphatic carbocycles. The van der Waals surface area contributed by atoms with E-state index in [1.165, 1.54) is 12.2 Å². The number of aromatic nitrogens is 3. The molecule has 24 heavy (non-hydrogen) atoms. The van der Waals surface area contributed by atoms with E-state index in [9.17, 15) is 13.2 Å². The number of halogens is 3. The minimum atomic E-state index is -1.25. The second-order valence-electron chi connectivity index (χ2n) is 4.90. The van der Waals surface area contributed by atoms with Crippen molar-refractivity contribution in [2.45, 2.75) is 0 Å². The van der Waals surface area contributed by atoms with Gasteiger partial charge < -0.3 is 0 Å². The van der Waals surface area contributed by atoms with Crippen LogP contribution in [0.3, 0.4) is 0 Å². The molecule has 0 aliphatic rings. The summed E-state index contributed by atoms with van der Waals surface area (Å²) in [6, 6.07) is 10.2. The Balaban J connectivity index is 1.95. The normalized spacial score (nSPS) is 10.9. The number of nitrogens with one attached hydrogen (secondary N) is 1. The second kappa shape index (κ2) is 6.38. The molecule has 3 aromatic rings. The van der Waals surface area contributed by atoms with Gasteiger partial charge in [-0.05, 0) is 17.7 Å². The smallest absolute Gasteiger partial charge is 0.166 e. The zero-order chi connectivity index (χ0) is 17.1. The monoisotopic (exact) mass is 326 g/mol. The summed E-state index contributed by atoms with van der Waals surface area (Å²) < 4.78 is 40.0. The summed E-state index contributed by atoms with van der Waals surface area (Å²) in [5, 5.41) is 18.9. The molecule has 0 fully saturated rings. The van der Waals surface area contributed by atoms with Crippen LogP contribution in [-0.2, 0) is 0 Å². The van der Waals surface area contributed by atoms with Crippen LogP contribution >= 0.6 is 0 Å². The molecule has 0 saturated heterocycles. The van der Waals surface area contributed by atoms with E-state index in [1.54, 1.807) is 24.3 Å². The van der Waals surface area contributed by atoms with Crippen LogP contribution in [0, 0.1) is 28.8 Å². The van der Waals surface area contributed by atoms with Gasteiger partial charge in [0.15, 0.2) is 17.3 Å². The fourth-order valence-electron chi connectivity index (χ4n) is 2.18. The highest BCUT2D eigenvalue weighted by Crippen LogP contribution is 2.22. The third-order valence-corrected chi connectivity index (χ3v) is 3.30. The summed E-state index contributed by atoms with van der Waals surface area (Å²) in [6.07, 6.45) is 2.78. The number of benzene rings is 2. The van der Waals surface area contributed by atoms with Crippen molar-refractivity contribution >= 4 is 12.2 Å². The van der Waals surface area contributed by atoms with E-state index in [1.807, 2.05) is 6.07 Å². The van der Waals surface area contributed by atoms with Crippen LogP contribution in [0.25, 0.3) is 23.4 Å². The van der Waals surface area contributed by atoms with Gasteiger partial charge in [-0.3, -0.25) is 0 Å².